The van der Waals surface area contributed by atoms with E-state index in [4.69, 9.17) is 4.74 Å². The lowest BCUT2D eigenvalue weighted by molar-refractivity contribution is -0.117. The number of carbonyl (C=O) groups is 2. The Kier molecular flexibility index (Phi) is 7.18. The van der Waals surface area contributed by atoms with E-state index in [-0.39, 0.29) is 18.0 Å². The van der Waals surface area contributed by atoms with Gasteiger partial charge in [0.25, 0.3) is 0 Å². The number of piperidine rings is 1. The Morgan fingerprint density at radius 2 is 1.79 bits per heavy atom. The Labute approximate surface area is 196 Å². The minimum atomic E-state index is -0.268. The van der Waals surface area contributed by atoms with Crippen molar-refractivity contribution in [2.24, 2.45) is 0 Å². The number of carbonyl (C=O) groups excluding carboxylic acids is 2. The van der Waals surface area contributed by atoms with E-state index in [1.54, 1.807) is 0 Å². The molecule has 0 bridgehead atoms. The van der Waals surface area contributed by atoms with E-state index in [1.807, 2.05) is 48.2 Å². The Bertz CT molecular complexity index is 980. The van der Waals surface area contributed by atoms with Crippen LogP contribution in [0.15, 0.2) is 42.5 Å². The zero-order valence-corrected chi connectivity index (χ0v) is 19.8. The number of hydrogen-bond donors (Lipinski definition) is 1. The molecule has 1 saturated heterocycles. The van der Waals surface area contributed by atoms with Crippen molar-refractivity contribution in [2.75, 3.05) is 47.8 Å². The first kappa shape index (κ1) is 23.1. The molecule has 2 aromatic carbocycles. The smallest absolute Gasteiger partial charge is 0.414 e. The maximum atomic E-state index is 12.6. The fourth-order valence-corrected chi connectivity index (χ4v) is 4.80. The van der Waals surface area contributed by atoms with Gasteiger partial charge < -0.3 is 15.0 Å². The molecule has 0 radical (unpaired) electrons. The van der Waals surface area contributed by atoms with E-state index in [9.17, 15) is 9.59 Å². The van der Waals surface area contributed by atoms with E-state index in [0.717, 1.165) is 67.2 Å². The maximum Gasteiger partial charge on any atom is 0.414 e. The number of nitrogens with zero attached hydrogens (tertiary/aromatic N) is 3. The molecule has 7 heteroatoms. The number of hydrogen-bond acceptors (Lipinski definition) is 5. The normalized spacial score (nSPS) is 16.8. The summed E-state index contributed by atoms with van der Waals surface area (Å²) in [5.41, 5.74) is 5.15. The number of cyclic esters (lactones) is 1. The van der Waals surface area contributed by atoms with Gasteiger partial charge in [0.15, 0.2) is 0 Å². The van der Waals surface area contributed by atoms with Crippen LogP contribution in [-0.4, -0.2) is 55.7 Å². The molecule has 2 aliphatic heterocycles. The second kappa shape index (κ2) is 10.3. The molecule has 33 heavy (non-hydrogen) atoms. The number of fused-ring (bicyclic) bond motifs is 1. The van der Waals surface area contributed by atoms with Crippen LogP contribution in [0, 0.1) is 6.92 Å². The highest BCUT2D eigenvalue weighted by Crippen LogP contribution is 2.32. The molecule has 0 aromatic heterocycles. The number of aryl methyl sites for hydroxylation is 1. The third-order valence-electron chi connectivity index (χ3n) is 6.61. The maximum absolute atomic E-state index is 12.6. The summed E-state index contributed by atoms with van der Waals surface area (Å²) in [5.74, 6) is -0.0118. The van der Waals surface area contributed by atoms with Gasteiger partial charge in [0.2, 0.25) is 5.91 Å². The summed E-state index contributed by atoms with van der Waals surface area (Å²) in [5, 5.41) is 3.01. The van der Waals surface area contributed by atoms with Gasteiger partial charge in [-0.05, 0) is 63.9 Å². The molecule has 7 nitrogen and oxygen atoms in total. The van der Waals surface area contributed by atoms with Gasteiger partial charge in [0.05, 0.1) is 12.2 Å². The Morgan fingerprint density at radius 3 is 2.45 bits per heavy atom. The minimum Gasteiger partial charge on any atom is -0.444 e. The second-order valence-electron chi connectivity index (χ2n) is 8.83. The summed E-state index contributed by atoms with van der Waals surface area (Å²) in [6, 6.07) is 14.2. The molecule has 2 amide bonds. The highest BCUT2D eigenvalue weighted by atomic mass is 16.6. The van der Waals surface area contributed by atoms with Crippen molar-refractivity contribution in [1.29, 1.82) is 0 Å². The van der Waals surface area contributed by atoms with Gasteiger partial charge in [-0.15, -0.1) is 0 Å². The van der Waals surface area contributed by atoms with Crippen molar-refractivity contribution in [1.82, 2.24) is 4.90 Å². The number of likely N-dealkylation sites (tertiary alicyclic amines) is 1. The topological polar surface area (TPSA) is 65.1 Å². The molecule has 0 atom stereocenters. The van der Waals surface area contributed by atoms with Crippen LogP contribution in [0.5, 0.6) is 0 Å². The van der Waals surface area contributed by atoms with Gasteiger partial charge in [0.1, 0.15) is 6.61 Å². The summed E-state index contributed by atoms with van der Waals surface area (Å²) >= 11 is 0. The Balaban J connectivity index is 1.30. The third-order valence-corrected chi connectivity index (χ3v) is 6.61. The SMILES string of the molecule is CCN(CC)c1ccc(NC(=O)CN2CCC(N3C(=O)OCc4cc(C)ccc43)CC2)cc1. The van der Waals surface area contributed by atoms with E-state index < -0.39 is 0 Å². The van der Waals surface area contributed by atoms with Crippen LogP contribution in [-0.2, 0) is 16.1 Å². The predicted octanol–water partition coefficient (Wildman–Crippen LogP) is 4.40. The molecular weight excluding hydrogens is 416 g/mol. The average Bonchev–Trinajstić information content (AvgIpc) is 2.82. The Morgan fingerprint density at radius 1 is 1.09 bits per heavy atom. The third kappa shape index (κ3) is 5.30. The van der Waals surface area contributed by atoms with Gasteiger partial charge in [-0.1, -0.05) is 17.7 Å². The zero-order chi connectivity index (χ0) is 23.4. The standard InChI is InChI=1S/C26H34N4O3/c1-4-29(5-2)22-9-7-21(8-10-22)27-25(31)17-28-14-12-23(13-15-28)30-24-11-6-19(3)16-20(24)18-33-26(30)32/h6-11,16,23H,4-5,12-15,17-18H2,1-3H3,(H,27,31). The van der Waals surface area contributed by atoms with E-state index >= 15 is 0 Å². The van der Waals surface area contributed by atoms with Crippen LogP contribution in [0.25, 0.3) is 0 Å². The number of anilines is 3. The number of rotatable bonds is 7. The first-order chi connectivity index (χ1) is 16.0. The Hall–Kier alpha value is -3.06. The average molecular weight is 451 g/mol. The molecule has 1 N–H and O–H groups in total. The molecule has 2 heterocycles. The molecule has 0 unspecified atom stereocenters. The summed E-state index contributed by atoms with van der Waals surface area (Å²) in [7, 11) is 0. The first-order valence-electron chi connectivity index (χ1n) is 11.9. The highest BCUT2D eigenvalue weighted by molar-refractivity contribution is 5.92. The fraction of sp³-hybridized carbons (Fsp3) is 0.462. The first-order valence-corrected chi connectivity index (χ1v) is 11.9. The molecule has 2 aromatic rings. The number of nitrogens with one attached hydrogen (secondary N) is 1. The summed E-state index contributed by atoms with van der Waals surface area (Å²) < 4.78 is 5.43. The summed E-state index contributed by atoms with van der Waals surface area (Å²) in [6.45, 7) is 10.5. The van der Waals surface area contributed by atoms with Crippen LogP contribution in [0.4, 0.5) is 21.9 Å². The molecule has 0 aliphatic carbocycles. The lowest BCUT2D eigenvalue weighted by atomic mass is 10.00. The lowest BCUT2D eigenvalue weighted by Gasteiger charge is -2.40. The molecule has 0 spiro atoms. The molecule has 0 saturated carbocycles. The van der Waals surface area contributed by atoms with Crippen LogP contribution >= 0.6 is 0 Å². The van der Waals surface area contributed by atoms with Crippen molar-refractivity contribution in [3.05, 3.63) is 53.6 Å². The van der Waals surface area contributed by atoms with Gasteiger partial charge in [-0.2, -0.15) is 0 Å². The van der Waals surface area contributed by atoms with Crippen LogP contribution in [0.2, 0.25) is 0 Å². The zero-order valence-electron chi connectivity index (χ0n) is 19.8. The summed E-state index contributed by atoms with van der Waals surface area (Å²) in [4.78, 5) is 31.4. The van der Waals surface area contributed by atoms with Crippen LogP contribution in [0.1, 0.15) is 37.8 Å². The van der Waals surface area contributed by atoms with E-state index in [2.05, 4.69) is 35.0 Å². The summed E-state index contributed by atoms with van der Waals surface area (Å²) in [6.07, 6.45) is 1.36. The van der Waals surface area contributed by atoms with Crippen molar-refractivity contribution >= 4 is 29.1 Å². The predicted molar refractivity (Wildman–Crippen MR) is 132 cm³/mol. The van der Waals surface area contributed by atoms with E-state index in [0.29, 0.717) is 13.2 Å². The molecule has 1 fully saturated rings. The van der Waals surface area contributed by atoms with Gasteiger partial charge in [-0.25, -0.2) is 4.79 Å². The largest absolute Gasteiger partial charge is 0.444 e. The highest BCUT2D eigenvalue weighted by Gasteiger charge is 2.34. The number of benzene rings is 2. The lowest BCUT2D eigenvalue weighted by Crippen LogP contribution is -2.50. The minimum absolute atomic E-state index is 0.0118. The van der Waals surface area contributed by atoms with Crippen LogP contribution in [0.3, 0.4) is 0 Å². The van der Waals surface area contributed by atoms with Crippen LogP contribution < -0.4 is 15.1 Å². The van der Waals surface area contributed by atoms with E-state index in [1.165, 1.54) is 0 Å². The molecular formula is C26H34N4O3. The second-order valence-corrected chi connectivity index (χ2v) is 8.83. The van der Waals surface area contributed by atoms with Gasteiger partial charge >= 0.3 is 6.09 Å². The fourth-order valence-electron chi connectivity index (χ4n) is 4.80. The van der Waals surface area contributed by atoms with Crippen molar-refractivity contribution in [3.8, 4) is 0 Å². The number of amides is 2. The van der Waals surface area contributed by atoms with Gasteiger partial charge in [-0.3, -0.25) is 14.6 Å². The molecule has 2 aliphatic rings. The molecule has 176 valence electrons. The number of ether oxygens (including phenoxy) is 1. The quantitative estimate of drug-likeness (QED) is 0.677. The molecule has 4 rings (SSSR count). The van der Waals surface area contributed by atoms with Crippen molar-refractivity contribution < 1.29 is 14.3 Å². The van der Waals surface area contributed by atoms with Crippen molar-refractivity contribution in [2.45, 2.75) is 46.3 Å². The van der Waals surface area contributed by atoms with Crippen molar-refractivity contribution in [3.63, 3.8) is 0 Å². The van der Waals surface area contributed by atoms with Gasteiger partial charge in [0, 0.05) is 49.2 Å². The monoisotopic (exact) mass is 450 g/mol.